The summed E-state index contributed by atoms with van der Waals surface area (Å²) in [5.41, 5.74) is 0.103. The lowest BCUT2D eigenvalue weighted by atomic mass is 9.67. The lowest BCUT2D eigenvalue weighted by Gasteiger charge is -2.39. The van der Waals surface area contributed by atoms with E-state index in [1.54, 1.807) is 0 Å². The Morgan fingerprint density at radius 3 is 2.37 bits per heavy atom. The Morgan fingerprint density at radius 2 is 1.70 bits per heavy atom. The Labute approximate surface area is 155 Å². The van der Waals surface area contributed by atoms with Gasteiger partial charge in [0.25, 0.3) is 0 Å². The number of halogens is 3. The number of fused-ring (bicyclic) bond motifs is 3. The molecule has 0 atom stereocenters. The van der Waals surface area contributed by atoms with Crippen LogP contribution < -0.4 is 4.74 Å². The van der Waals surface area contributed by atoms with Gasteiger partial charge >= 0.3 is 6.18 Å². The second-order valence-electron chi connectivity index (χ2n) is 7.52. The summed E-state index contributed by atoms with van der Waals surface area (Å²) in [4.78, 5) is 15.7. The van der Waals surface area contributed by atoms with Crippen molar-refractivity contribution >= 4 is 5.78 Å². The minimum Gasteiger partial charge on any atom is -0.456 e. The van der Waals surface area contributed by atoms with Crippen molar-refractivity contribution in [2.75, 3.05) is 20.1 Å². The first-order valence-corrected chi connectivity index (χ1v) is 8.94. The second kappa shape index (κ2) is 6.09. The zero-order valence-electron chi connectivity index (χ0n) is 15.2. The normalized spacial score (nSPS) is 19.2. The number of likely N-dealkylation sites (tertiary alicyclic amines) is 1. The highest BCUT2D eigenvalue weighted by Gasteiger charge is 2.47. The zero-order chi connectivity index (χ0) is 19.4. The van der Waals surface area contributed by atoms with Crippen LogP contribution >= 0.6 is 0 Å². The van der Waals surface area contributed by atoms with Crippen molar-refractivity contribution < 1.29 is 22.7 Å². The standard InChI is InChI=1S/C21H20F3NO2/c1-13-3-5-18-16(11-13)20(7-9-25(2)10-8-20)19(26)15-12-14(21(22,23)24)4-6-17(15)27-18/h3-6,11-12H,7-10H2,1-2H3. The van der Waals surface area contributed by atoms with Crippen LogP contribution in [0.5, 0.6) is 11.5 Å². The first kappa shape index (κ1) is 18.0. The van der Waals surface area contributed by atoms with Gasteiger partial charge < -0.3 is 9.64 Å². The molecule has 142 valence electrons. The first-order chi connectivity index (χ1) is 12.7. The summed E-state index contributed by atoms with van der Waals surface area (Å²) in [6.45, 7) is 3.34. The largest absolute Gasteiger partial charge is 0.456 e. The van der Waals surface area contributed by atoms with Gasteiger partial charge in [-0.3, -0.25) is 4.79 Å². The molecule has 0 amide bonds. The molecule has 1 saturated heterocycles. The lowest BCUT2D eigenvalue weighted by Crippen LogP contribution is -2.46. The molecule has 3 nitrogen and oxygen atoms in total. The highest BCUT2D eigenvalue weighted by atomic mass is 19.4. The summed E-state index contributed by atoms with van der Waals surface area (Å²) in [5.74, 6) is 0.465. The lowest BCUT2D eigenvalue weighted by molar-refractivity contribution is -0.137. The molecule has 0 saturated carbocycles. The van der Waals surface area contributed by atoms with E-state index in [0.29, 0.717) is 31.7 Å². The highest BCUT2D eigenvalue weighted by molar-refractivity contribution is 6.07. The van der Waals surface area contributed by atoms with Gasteiger partial charge in [-0.15, -0.1) is 0 Å². The molecule has 6 heteroatoms. The molecule has 0 bridgehead atoms. The number of aryl methyl sites for hydroxylation is 1. The molecular formula is C21H20F3NO2. The van der Waals surface area contributed by atoms with Gasteiger partial charge in [-0.05, 0) is 64.2 Å². The minimum absolute atomic E-state index is 0.0169. The van der Waals surface area contributed by atoms with Gasteiger partial charge in [-0.2, -0.15) is 13.2 Å². The van der Waals surface area contributed by atoms with Crippen LogP contribution in [0, 0.1) is 6.92 Å². The monoisotopic (exact) mass is 375 g/mol. The smallest absolute Gasteiger partial charge is 0.416 e. The Morgan fingerprint density at radius 1 is 1.04 bits per heavy atom. The number of Topliss-reactive ketones (excluding diaryl/α,β-unsaturated/α-hetero) is 1. The van der Waals surface area contributed by atoms with Crippen molar-refractivity contribution in [2.45, 2.75) is 31.4 Å². The summed E-state index contributed by atoms with van der Waals surface area (Å²) in [5, 5.41) is 0. The second-order valence-corrected chi connectivity index (χ2v) is 7.52. The summed E-state index contributed by atoms with van der Waals surface area (Å²) >= 11 is 0. The van der Waals surface area contributed by atoms with Crippen molar-refractivity contribution in [3.05, 3.63) is 58.7 Å². The van der Waals surface area contributed by atoms with Crippen molar-refractivity contribution in [2.24, 2.45) is 0 Å². The predicted molar refractivity (Wildman–Crippen MR) is 95.4 cm³/mol. The summed E-state index contributed by atoms with van der Waals surface area (Å²) < 4.78 is 45.6. The number of hydrogen-bond acceptors (Lipinski definition) is 3. The SMILES string of the molecule is Cc1ccc2c(c1)C1(CCN(C)CC1)C(=O)c1cc(C(F)(F)F)ccc1O2. The molecule has 0 aromatic heterocycles. The number of rotatable bonds is 0. The number of carbonyl (C=O) groups excluding carboxylic acids is 1. The van der Waals surface area contributed by atoms with E-state index in [1.165, 1.54) is 6.07 Å². The molecule has 1 spiro atoms. The molecule has 0 N–H and O–H groups in total. The molecular weight excluding hydrogens is 355 g/mol. The average Bonchev–Trinajstić information content (AvgIpc) is 2.71. The van der Waals surface area contributed by atoms with E-state index in [-0.39, 0.29) is 17.1 Å². The van der Waals surface area contributed by atoms with Crippen molar-refractivity contribution in [1.29, 1.82) is 0 Å². The summed E-state index contributed by atoms with van der Waals surface area (Å²) in [7, 11) is 1.98. The highest BCUT2D eigenvalue weighted by Crippen LogP contribution is 2.49. The molecule has 2 aromatic carbocycles. The van der Waals surface area contributed by atoms with Crippen LogP contribution in [0.4, 0.5) is 13.2 Å². The molecule has 0 aliphatic carbocycles. The molecule has 4 rings (SSSR count). The van der Waals surface area contributed by atoms with Crippen LogP contribution in [0.25, 0.3) is 0 Å². The van der Waals surface area contributed by atoms with Crippen molar-refractivity contribution in [3.8, 4) is 11.5 Å². The third-order valence-corrected chi connectivity index (χ3v) is 5.70. The Hall–Kier alpha value is -2.34. The Balaban J connectivity index is 1.94. The first-order valence-electron chi connectivity index (χ1n) is 8.94. The molecule has 2 aliphatic rings. The topological polar surface area (TPSA) is 29.5 Å². The molecule has 0 radical (unpaired) electrons. The van der Waals surface area contributed by atoms with Gasteiger partial charge in [-0.25, -0.2) is 0 Å². The van der Waals surface area contributed by atoms with E-state index in [1.807, 2.05) is 32.2 Å². The van der Waals surface area contributed by atoms with Gasteiger partial charge in [0, 0.05) is 5.56 Å². The van der Waals surface area contributed by atoms with Crippen molar-refractivity contribution in [3.63, 3.8) is 0 Å². The van der Waals surface area contributed by atoms with Crippen LogP contribution in [-0.2, 0) is 11.6 Å². The number of nitrogens with zero attached hydrogens (tertiary/aromatic N) is 1. The summed E-state index contributed by atoms with van der Waals surface area (Å²) in [6.07, 6.45) is -3.40. The number of ketones is 1. The molecule has 2 heterocycles. The predicted octanol–water partition coefficient (Wildman–Crippen LogP) is 4.97. The third kappa shape index (κ3) is 2.92. The van der Waals surface area contributed by atoms with Gasteiger partial charge in [0.1, 0.15) is 11.5 Å². The van der Waals surface area contributed by atoms with E-state index in [9.17, 15) is 18.0 Å². The zero-order valence-corrected chi connectivity index (χ0v) is 15.2. The Bertz CT molecular complexity index is 912. The number of hydrogen-bond donors (Lipinski definition) is 0. The maximum absolute atomic E-state index is 13.6. The fourth-order valence-corrected chi connectivity index (χ4v) is 4.07. The van der Waals surface area contributed by atoms with Gasteiger partial charge in [0.15, 0.2) is 5.78 Å². The number of carbonyl (C=O) groups is 1. The van der Waals surface area contributed by atoms with Gasteiger partial charge in [-0.1, -0.05) is 17.7 Å². The maximum atomic E-state index is 13.6. The van der Waals surface area contributed by atoms with E-state index >= 15 is 0 Å². The van der Waals surface area contributed by atoms with Crippen LogP contribution in [0.2, 0.25) is 0 Å². The van der Waals surface area contributed by atoms with Crippen LogP contribution in [0.1, 0.15) is 39.9 Å². The molecule has 1 fully saturated rings. The number of alkyl halides is 3. The fraction of sp³-hybridized carbons (Fsp3) is 0.381. The maximum Gasteiger partial charge on any atom is 0.416 e. The molecule has 2 aromatic rings. The Kier molecular flexibility index (Phi) is 4.07. The summed E-state index contributed by atoms with van der Waals surface area (Å²) in [6, 6.07) is 8.80. The van der Waals surface area contributed by atoms with E-state index in [0.717, 1.165) is 23.3 Å². The van der Waals surface area contributed by atoms with Crippen LogP contribution in [0.3, 0.4) is 0 Å². The van der Waals surface area contributed by atoms with E-state index < -0.39 is 17.2 Å². The minimum atomic E-state index is -4.51. The quantitative estimate of drug-likeness (QED) is 0.651. The van der Waals surface area contributed by atoms with Crippen LogP contribution in [0.15, 0.2) is 36.4 Å². The number of ether oxygens (including phenoxy) is 1. The van der Waals surface area contributed by atoms with Crippen LogP contribution in [-0.4, -0.2) is 30.8 Å². The number of benzene rings is 2. The van der Waals surface area contributed by atoms with Gasteiger partial charge in [0.05, 0.1) is 16.5 Å². The van der Waals surface area contributed by atoms with Gasteiger partial charge in [0.2, 0.25) is 0 Å². The molecule has 2 aliphatic heterocycles. The van der Waals surface area contributed by atoms with E-state index in [4.69, 9.17) is 4.74 Å². The average molecular weight is 375 g/mol. The van der Waals surface area contributed by atoms with Crippen molar-refractivity contribution in [1.82, 2.24) is 4.90 Å². The molecule has 27 heavy (non-hydrogen) atoms. The number of piperidine rings is 1. The fourth-order valence-electron chi connectivity index (χ4n) is 4.07. The van der Waals surface area contributed by atoms with E-state index in [2.05, 4.69) is 4.90 Å². The molecule has 0 unspecified atom stereocenters. The third-order valence-electron chi connectivity index (χ3n) is 5.70.